The average Bonchev–Trinajstić information content (AvgIpc) is 3.24. The number of rotatable bonds is 9. The Morgan fingerprint density at radius 3 is 2.28 bits per heavy atom. The molecular weight excluding hydrogens is 463 g/mol. The van der Waals surface area contributed by atoms with Crippen LogP contribution < -0.4 is 10.6 Å². The van der Waals surface area contributed by atoms with E-state index in [1.54, 1.807) is 30.0 Å². The minimum Gasteiger partial charge on any atom is -0.353 e. The molecule has 32 heavy (non-hydrogen) atoms. The van der Waals surface area contributed by atoms with E-state index in [1.165, 1.54) is 0 Å². The number of carbonyl (C=O) groups excluding carboxylic acids is 2. The fraction of sp³-hybridized carbons (Fsp3) is 0.440. The summed E-state index contributed by atoms with van der Waals surface area (Å²) in [7, 11) is 0. The molecule has 0 saturated heterocycles. The molecule has 0 aromatic heterocycles. The molecule has 0 heterocycles. The second-order valence-electron chi connectivity index (χ2n) is 8.56. The zero-order chi connectivity index (χ0) is 23.1. The number of carbonyl (C=O) groups is 2. The van der Waals surface area contributed by atoms with Gasteiger partial charge in [-0.3, -0.25) is 9.59 Å². The Kier molecular flexibility index (Phi) is 8.92. The summed E-state index contributed by atoms with van der Waals surface area (Å²) in [6.07, 6.45) is 8.06. The van der Waals surface area contributed by atoms with Crippen molar-refractivity contribution < 1.29 is 9.59 Å². The van der Waals surface area contributed by atoms with Crippen LogP contribution in [0.2, 0.25) is 10.0 Å². The maximum absolute atomic E-state index is 13.0. The van der Waals surface area contributed by atoms with Crippen molar-refractivity contribution in [2.75, 3.05) is 17.3 Å². The second kappa shape index (κ2) is 11.4. The Labute approximate surface area is 204 Å². The highest BCUT2D eigenvalue weighted by Crippen LogP contribution is 2.42. The fourth-order valence-electron chi connectivity index (χ4n) is 4.35. The first-order chi connectivity index (χ1) is 15.3. The normalized spacial score (nSPS) is 15.9. The van der Waals surface area contributed by atoms with Crippen LogP contribution in [0.4, 0.5) is 5.69 Å². The summed E-state index contributed by atoms with van der Waals surface area (Å²) in [6.45, 7) is 2.05. The van der Waals surface area contributed by atoms with Crippen molar-refractivity contribution in [3.63, 3.8) is 0 Å². The second-order valence-corrected chi connectivity index (χ2v) is 10.4. The van der Waals surface area contributed by atoms with Gasteiger partial charge in [-0.25, -0.2) is 0 Å². The lowest BCUT2D eigenvalue weighted by Gasteiger charge is -2.29. The third kappa shape index (κ3) is 6.21. The van der Waals surface area contributed by atoms with E-state index >= 15 is 0 Å². The van der Waals surface area contributed by atoms with Gasteiger partial charge in [0.05, 0.1) is 15.6 Å². The third-order valence-electron chi connectivity index (χ3n) is 6.15. The highest BCUT2D eigenvalue weighted by Gasteiger charge is 2.40. The molecule has 7 heteroatoms. The minimum absolute atomic E-state index is 0.0385. The molecule has 0 spiro atoms. The summed E-state index contributed by atoms with van der Waals surface area (Å²) in [6, 6.07) is 12.6. The van der Waals surface area contributed by atoms with Crippen LogP contribution >= 0.6 is 35.0 Å². The zero-order valence-corrected chi connectivity index (χ0v) is 20.9. The van der Waals surface area contributed by atoms with Gasteiger partial charge in [0.25, 0.3) is 5.91 Å². The number of hydrogen-bond donors (Lipinski definition) is 2. The fourth-order valence-corrected chi connectivity index (χ4v) is 5.52. The highest BCUT2D eigenvalue weighted by atomic mass is 35.5. The number of thioether (sulfide) groups is 1. The largest absolute Gasteiger partial charge is 0.353 e. The SMILES string of the molecule is CSCCC1(C(=O)NC(C)Cc2ccc(NC(=O)c3c(Cl)cccc3Cl)cc2)CCCC1. The molecule has 1 aliphatic carbocycles. The number of amides is 2. The summed E-state index contributed by atoms with van der Waals surface area (Å²) in [4.78, 5) is 25.6. The van der Waals surface area contributed by atoms with Gasteiger partial charge in [-0.05, 0) is 74.4 Å². The van der Waals surface area contributed by atoms with Gasteiger partial charge in [0.1, 0.15) is 0 Å². The van der Waals surface area contributed by atoms with Gasteiger partial charge < -0.3 is 10.6 Å². The van der Waals surface area contributed by atoms with Gasteiger partial charge in [-0.1, -0.05) is 54.2 Å². The predicted molar refractivity (Wildman–Crippen MR) is 136 cm³/mol. The molecule has 2 N–H and O–H groups in total. The van der Waals surface area contributed by atoms with E-state index < -0.39 is 0 Å². The smallest absolute Gasteiger partial charge is 0.258 e. The highest BCUT2D eigenvalue weighted by molar-refractivity contribution is 7.98. The van der Waals surface area contributed by atoms with Gasteiger partial charge >= 0.3 is 0 Å². The Hall–Kier alpha value is -1.69. The molecular formula is C25H30Cl2N2O2S. The third-order valence-corrected chi connectivity index (χ3v) is 7.39. The van der Waals surface area contributed by atoms with Crippen molar-refractivity contribution in [2.24, 2.45) is 5.41 Å². The molecule has 0 radical (unpaired) electrons. The molecule has 1 aliphatic rings. The molecule has 2 amide bonds. The van der Waals surface area contributed by atoms with Crippen molar-refractivity contribution in [1.82, 2.24) is 5.32 Å². The number of hydrogen-bond acceptors (Lipinski definition) is 3. The quantitative estimate of drug-likeness (QED) is 0.414. The van der Waals surface area contributed by atoms with Crippen molar-refractivity contribution in [3.05, 3.63) is 63.6 Å². The maximum atomic E-state index is 13.0. The lowest BCUT2D eigenvalue weighted by atomic mass is 9.82. The molecule has 0 bridgehead atoms. The zero-order valence-electron chi connectivity index (χ0n) is 18.5. The van der Waals surface area contributed by atoms with Gasteiger partial charge in [-0.2, -0.15) is 11.8 Å². The Balaban J connectivity index is 1.57. The topological polar surface area (TPSA) is 58.2 Å². The first kappa shape index (κ1) is 24.9. The van der Waals surface area contributed by atoms with E-state index in [1.807, 2.05) is 31.2 Å². The Morgan fingerprint density at radius 2 is 1.69 bits per heavy atom. The number of benzene rings is 2. The Morgan fingerprint density at radius 1 is 1.06 bits per heavy atom. The van der Waals surface area contributed by atoms with Crippen LogP contribution in [0, 0.1) is 5.41 Å². The van der Waals surface area contributed by atoms with Crippen LogP contribution in [0.5, 0.6) is 0 Å². The summed E-state index contributed by atoms with van der Waals surface area (Å²) in [5.74, 6) is 0.882. The number of nitrogens with one attached hydrogen (secondary N) is 2. The molecule has 1 atom stereocenters. The lowest BCUT2D eigenvalue weighted by molar-refractivity contribution is -0.131. The molecule has 1 saturated carbocycles. The summed E-state index contributed by atoms with van der Waals surface area (Å²) in [5, 5.41) is 6.72. The average molecular weight is 494 g/mol. The summed E-state index contributed by atoms with van der Waals surface area (Å²) in [5.41, 5.74) is 1.83. The van der Waals surface area contributed by atoms with Crippen LogP contribution in [0.1, 0.15) is 54.9 Å². The van der Waals surface area contributed by atoms with E-state index in [2.05, 4.69) is 16.9 Å². The number of halogens is 2. The van der Waals surface area contributed by atoms with Crippen LogP contribution in [-0.4, -0.2) is 29.9 Å². The Bertz CT molecular complexity index is 923. The monoisotopic (exact) mass is 492 g/mol. The molecule has 172 valence electrons. The lowest BCUT2D eigenvalue weighted by Crippen LogP contribution is -2.44. The van der Waals surface area contributed by atoms with Crippen molar-refractivity contribution in [3.8, 4) is 0 Å². The van der Waals surface area contributed by atoms with Crippen LogP contribution in [0.3, 0.4) is 0 Å². The summed E-state index contributed by atoms with van der Waals surface area (Å²) >= 11 is 14.0. The van der Waals surface area contributed by atoms with Gasteiger partial charge in [0, 0.05) is 17.1 Å². The number of anilines is 1. The van der Waals surface area contributed by atoms with E-state index in [0.29, 0.717) is 15.7 Å². The first-order valence-corrected chi connectivity index (χ1v) is 13.1. The maximum Gasteiger partial charge on any atom is 0.258 e. The van der Waals surface area contributed by atoms with Gasteiger partial charge in [-0.15, -0.1) is 0 Å². The van der Waals surface area contributed by atoms with E-state index in [9.17, 15) is 9.59 Å². The molecule has 1 unspecified atom stereocenters. The molecule has 2 aromatic carbocycles. The van der Waals surface area contributed by atoms with Crippen molar-refractivity contribution in [1.29, 1.82) is 0 Å². The van der Waals surface area contributed by atoms with Gasteiger partial charge in [0.15, 0.2) is 0 Å². The van der Waals surface area contributed by atoms with Crippen LogP contribution in [0.15, 0.2) is 42.5 Å². The van der Waals surface area contributed by atoms with E-state index in [4.69, 9.17) is 23.2 Å². The molecule has 0 aliphatic heterocycles. The standard InChI is InChI=1S/C25H30Cl2N2O2S/c1-17(28-24(31)25(14-15-32-2)12-3-4-13-25)16-18-8-10-19(11-9-18)29-23(30)22-20(26)6-5-7-21(22)27/h5-11,17H,3-4,12-16H2,1-2H3,(H,28,31)(H,29,30). The van der Waals surface area contributed by atoms with Crippen molar-refractivity contribution >= 4 is 52.5 Å². The molecule has 3 rings (SSSR count). The van der Waals surface area contributed by atoms with Gasteiger partial charge in [0.2, 0.25) is 5.91 Å². The van der Waals surface area contributed by atoms with Crippen molar-refractivity contribution in [2.45, 2.75) is 51.5 Å². The van der Waals surface area contributed by atoms with Crippen LogP contribution in [0.25, 0.3) is 0 Å². The summed E-state index contributed by atoms with van der Waals surface area (Å²) < 4.78 is 0. The first-order valence-electron chi connectivity index (χ1n) is 11.0. The van der Waals surface area contributed by atoms with E-state index in [-0.39, 0.29) is 28.8 Å². The van der Waals surface area contributed by atoms with E-state index in [0.717, 1.165) is 49.8 Å². The minimum atomic E-state index is -0.346. The molecule has 2 aromatic rings. The predicted octanol–water partition coefficient (Wildman–Crippen LogP) is 6.61. The molecule has 4 nitrogen and oxygen atoms in total. The molecule has 1 fully saturated rings. The van der Waals surface area contributed by atoms with Crippen LogP contribution in [-0.2, 0) is 11.2 Å².